The van der Waals surface area contributed by atoms with Crippen molar-refractivity contribution in [1.82, 2.24) is 9.88 Å². The highest BCUT2D eigenvalue weighted by atomic mass is 35.5. The van der Waals surface area contributed by atoms with E-state index in [0.717, 1.165) is 53.7 Å². The van der Waals surface area contributed by atoms with Crippen LogP contribution in [-0.4, -0.2) is 41.0 Å². The van der Waals surface area contributed by atoms with Gasteiger partial charge in [-0.2, -0.15) is 0 Å². The SMILES string of the molecule is CCCN1CCc2nc3ccccc3c(C(=O)OC(C)C(=O)Nc3cc(Cl)ccc3C)c2C1. The van der Waals surface area contributed by atoms with Crippen molar-refractivity contribution in [2.75, 3.05) is 18.4 Å². The lowest BCUT2D eigenvalue weighted by Gasteiger charge is -2.29. The molecule has 1 amide bonds. The molecule has 4 rings (SSSR count). The Bertz CT molecular complexity index is 1210. The minimum Gasteiger partial charge on any atom is -0.449 e. The molecule has 0 bridgehead atoms. The fraction of sp³-hybridized carbons (Fsp3) is 0.346. The quantitative estimate of drug-likeness (QED) is 0.510. The molecule has 1 aromatic heterocycles. The average molecular weight is 466 g/mol. The molecule has 0 spiro atoms. The van der Waals surface area contributed by atoms with Crippen LogP contribution in [0.3, 0.4) is 0 Å². The number of aryl methyl sites for hydroxylation is 1. The van der Waals surface area contributed by atoms with Gasteiger partial charge in [-0.15, -0.1) is 0 Å². The fourth-order valence-electron chi connectivity index (χ4n) is 4.22. The van der Waals surface area contributed by atoms with E-state index in [0.29, 0.717) is 22.8 Å². The van der Waals surface area contributed by atoms with E-state index >= 15 is 0 Å². The maximum absolute atomic E-state index is 13.4. The van der Waals surface area contributed by atoms with Gasteiger partial charge in [-0.25, -0.2) is 4.79 Å². The van der Waals surface area contributed by atoms with Crippen LogP contribution in [0.2, 0.25) is 5.02 Å². The second-order valence-electron chi connectivity index (χ2n) is 8.45. The molecule has 0 saturated heterocycles. The highest BCUT2D eigenvalue weighted by Crippen LogP contribution is 2.29. The van der Waals surface area contributed by atoms with Gasteiger partial charge in [-0.3, -0.25) is 14.7 Å². The molecule has 1 N–H and O–H groups in total. The summed E-state index contributed by atoms with van der Waals surface area (Å²) in [5.41, 5.74) is 4.57. The number of carbonyl (C=O) groups is 2. The molecule has 0 saturated carbocycles. The van der Waals surface area contributed by atoms with Crippen molar-refractivity contribution in [3.05, 3.63) is 69.9 Å². The molecule has 1 aliphatic rings. The number of ether oxygens (including phenoxy) is 1. The summed E-state index contributed by atoms with van der Waals surface area (Å²) in [6.07, 6.45) is 0.842. The van der Waals surface area contributed by atoms with Gasteiger partial charge in [-0.05, 0) is 50.6 Å². The Morgan fingerprint density at radius 3 is 2.82 bits per heavy atom. The van der Waals surface area contributed by atoms with E-state index in [-0.39, 0.29) is 0 Å². The van der Waals surface area contributed by atoms with E-state index in [1.54, 1.807) is 19.1 Å². The number of hydrogen-bond acceptors (Lipinski definition) is 5. The van der Waals surface area contributed by atoms with Gasteiger partial charge in [0.1, 0.15) is 0 Å². The average Bonchev–Trinajstić information content (AvgIpc) is 2.80. The lowest BCUT2D eigenvalue weighted by molar-refractivity contribution is -0.123. The number of nitrogens with one attached hydrogen (secondary N) is 1. The number of esters is 1. The van der Waals surface area contributed by atoms with Crippen LogP contribution < -0.4 is 5.32 Å². The number of fused-ring (bicyclic) bond motifs is 2. The van der Waals surface area contributed by atoms with Gasteiger partial charge in [0.15, 0.2) is 6.10 Å². The van der Waals surface area contributed by atoms with Crippen LogP contribution >= 0.6 is 11.6 Å². The van der Waals surface area contributed by atoms with Crippen LogP contribution in [0.5, 0.6) is 0 Å². The number of amides is 1. The van der Waals surface area contributed by atoms with Gasteiger partial charge in [0.05, 0.1) is 11.1 Å². The molecule has 0 aliphatic carbocycles. The number of para-hydroxylation sites is 1. The Morgan fingerprint density at radius 2 is 2.03 bits per heavy atom. The van der Waals surface area contributed by atoms with Crippen molar-refractivity contribution < 1.29 is 14.3 Å². The molecule has 1 atom stereocenters. The first-order valence-corrected chi connectivity index (χ1v) is 11.7. The predicted octanol–water partition coefficient (Wildman–Crippen LogP) is 5.15. The van der Waals surface area contributed by atoms with E-state index in [2.05, 4.69) is 17.1 Å². The second kappa shape index (κ2) is 9.89. The van der Waals surface area contributed by atoms with Gasteiger partial charge in [0, 0.05) is 46.9 Å². The fourth-order valence-corrected chi connectivity index (χ4v) is 4.39. The normalized spacial score (nSPS) is 14.5. The molecule has 7 heteroatoms. The van der Waals surface area contributed by atoms with E-state index in [9.17, 15) is 9.59 Å². The van der Waals surface area contributed by atoms with Crippen molar-refractivity contribution in [1.29, 1.82) is 0 Å². The summed E-state index contributed by atoms with van der Waals surface area (Å²) >= 11 is 6.05. The van der Waals surface area contributed by atoms with Gasteiger partial charge >= 0.3 is 5.97 Å². The lowest BCUT2D eigenvalue weighted by Crippen LogP contribution is -2.34. The van der Waals surface area contributed by atoms with Crippen molar-refractivity contribution >= 4 is 40.1 Å². The number of benzene rings is 2. The van der Waals surface area contributed by atoms with Crippen molar-refractivity contribution in [3.63, 3.8) is 0 Å². The molecular weight excluding hydrogens is 438 g/mol. The monoisotopic (exact) mass is 465 g/mol. The molecule has 6 nitrogen and oxygen atoms in total. The lowest BCUT2D eigenvalue weighted by atomic mass is 9.95. The molecule has 3 aromatic rings. The Balaban J connectivity index is 1.61. The molecule has 1 aliphatic heterocycles. The van der Waals surface area contributed by atoms with Crippen LogP contribution in [0.4, 0.5) is 5.69 Å². The molecule has 2 aromatic carbocycles. The van der Waals surface area contributed by atoms with Crippen molar-refractivity contribution in [2.45, 2.75) is 46.3 Å². The number of carbonyl (C=O) groups excluding carboxylic acids is 2. The summed E-state index contributed by atoms with van der Waals surface area (Å²) in [6.45, 7) is 8.11. The highest BCUT2D eigenvalue weighted by molar-refractivity contribution is 6.31. The zero-order valence-electron chi connectivity index (χ0n) is 19.2. The molecular formula is C26H28ClN3O3. The summed E-state index contributed by atoms with van der Waals surface area (Å²) in [5.74, 6) is -0.915. The van der Waals surface area contributed by atoms with Gasteiger partial charge in [0.2, 0.25) is 0 Å². The standard InChI is InChI=1S/C26H28ClN3O3/c1-4-12-30-13-11-22-20(15-30)24(19-7-5-6-8-21(19)28-22)26(32)33-17(3)25(31)29-23-14-18(27)10-9-16(23)2/h5-10,14,17H,4,11-13,15H2,1-3H3,(H,29,31). The van der Waals surface area contributed by atoms with Crippen LogP contribution in [0.25, 0.3) is 10.9 Å². The van der Waals surface area contributed by atoms with E-state index in [1.807, 2.05) is 37.3 Å². The summed E-state index contributed by atoms with van der Waals surface area (Å²) in [7, 11) is 0. The molecule has 2 heterocycles. The zero-order chi connectivity index (χ0) is 23.5. The Kier molecular flexibility index (Phi) is 6.96. The third kappa shape index (κ3) is 5.02. The summed E-state index contributed by atoms with van der Waals surface area (Å²) in [6, 6.07) is 12.9. The first-order chi connectivity index (χ1) is 15.9. The van der Waals surface area contributed by atoms with Crippen molar-refractivity contribution in [3.8, 4) is 0 Å². The minimum absolute atomic E-state index is 0.409. The van der Waals surface area contributed by atoms with E-state index < -0.39 is 18.0 Å². The maximum atomic E-state index is 13.4. The Labute approximate surface area is 198 Å². The van der Waals surface area contributed by atoms with Gasteiger partial charge < -0.3 is 10.1 Å². The molecule has 172 valence electrons. The van der Waals surface area contributed by atoms with Crippen LogP contribution in [0.1, 0.15) is 47.4 Å². The van der Waals surface area contributed by atoms with Crippen LogP contribution in [0, 0.1) is 6.92 Å². The van der Waals surface area contributed by atoms with Crippen LogP contribution in [0.15, 0.2) is 42.5 Å². The highest BCUT2D eigenvalue weighted by Gasteiger charge is 2.28. The molecule has 0 radical (unpaired) electrons. The molecule has 0 fully saturated rings. The number of nitrogens with zero attached hydrogens (tertiary/aromatic N) is 2. The Hall–Kier alpha value is -2.96. The largest absolute Gasteiger partial charge is 0.449 e. The van der Waals surface area contributed by atoms with Crippen LogP contribution in [-0.2, 0) is 22.5 Å². The summed E-state index contributed by atoms with van der Waals surface area (Å²) in [5, 5.41) is 4.08. The minimum atomic E-state index is -0.978. The number of anilines is 1. The summed E-state index contributed by atoms with van der Waals surface area (Å²) in [4.78, 5) is 33.3. The maximum Gasteiger partial charge on any atom is 0.339 e. The predicted molar refractivity (Wildman–Crippen MR) is 131 cm³/mol. The Morgan fingerprint density at radius 1 is 1.24 bits per heavy atom. The number of hydrogen-bond donors (Lipinski definition) is 1. The number of pyridine rings is 1. The third-order valence-electron chi connectivity index (χ3n) is 5.98. The van der Waals surface area contributed by atoms with Gasteiger partial charge in [-0.1, -0.05) is 42.8 Å². The zero-order valence-corrected chi connectivity index (χ0v) is 19.9. The second-order valence-corrected chi connectivity index (χ2v) is 8.89. The number of rotatable bonds is 6. The number of halogens is 1. The molecule has 1 unspecified atom stereocenters. The number of aromatic nitrogens is 1. The van der Waals surface area contributed by atoms with E-state index in [4.69, 9.17) is 21.3 Å². The van der Waals surface area contributed by atoms with Crippen molar-refractivity contribution in [2.24, 2.45) is 0 Å². The first-order valence-electron chi connectivity index (χ1n) is 11.3. The smallest absolute Gasteiger partial charge is 0.339 e. The van der Waals surface area contributed by atoms with Gasteiger partial charge in [0.25, 0.3) is 5.91 Å². The first kappa shape index (κ1) is 23.2. The molecule has 33 heavy (non-hydrogen) atoms. The topological polar surface area (TPSA) is 71.5 Å². The third-order valence-corrected chi connectivity index (χ3v) is 6.22. The van der Waals surface area contributed by atoms with E-state index in [1.165, 1.54) is 0 Å². The summed E-state index contributed by atoms with van der Waals surface area (Å²) < 4.78 is 5.68.